The highest BCUT2D eigenvalue weighted by molar-refractivity contribution is 6.19. The predicted octanol–water partition coefficient (Wildman–Crippen LogP) is 12.7. The fourth-order valence-electron chi connectivity index (χ4n) is 9.13. The summed E-state index contributed by atoms with van der Waals surface area (Å²) in [4.78, 5) is 7.11. The lowest BCUT2D eigenvalue weighted by Gasteiger charge is -2.23. The van der Waals surface area contributed by atoms with Gasteiger partial charge in [-0.3, -0.25) is 4.99 Å². The molecule has 56 heavy (non-hydrogen) atoms. The minimum absolute atomic E-state index is 0.585. The number of benzene rings is 8. The molecule has 0 unspecified atom stereocenters. The van der Waals surface area contributed by atoms with Gasteiger partial charge in [0.2, 0.25) is 0 Å². The highest BCUT2D eigenvalue weighted by Crippen LogP contribution is 2.40. The van der Waals surface area contributed by atoms with Crippen molar-refractivity contribution in [3.05, 3.63) is 187 Å². The maximum atomic E-state index is 6.40. The van der Waals surface area contributed by atoms with E-state index in [1.807, 2.05) is 12.1 Å². The first-order valence-corrected chi connectivity index (χ1v) is 19.1. The van der Waals surface area contributed by atoms with Gasteiger partial charge in [-0.05, 0) is 83.2 Å². The molecule has 5 nitrogen and oxygen atoms in total. The molecule has 12 rings (SSSR count). The maximum absolute atomic E-state index is 6.40. The van der Waals surface area contributed by atoms with E-state index in [4.69, 9.17) is 9.41 Å². The van der Waals surface area contributed by atoms with Crippen LogP contribution in [-0.4, -0.2) is 28.6 Å². The van der Waals surface area contributed by atoms with Crippen LogP contribution in [-0.2, 0) is 0 Å². The van der Waals surface area contributed by atoms with E-state index in [9.17, 15) is 0 Å². The third kappa shape index (κ3) is 4.45. The zero-order chi connectivity index (χ0) is 36.9. The van der Waals surface area contributed by atoms with Crippen molar-refractivity contribution in [2.24, 2.45) is 4.99 Å². The van der Waals surface area contributed by atoms with Gasteiger partial charge in [0.25, 0.3) is 0 Å². The van der Waals surface area contributed by atoms with E-state index in [2.05, 4.69) is 185 Å². The van der Waals surface area contributed by atoms with Crippen LogP contribution in [0.15, 0.2) is 185 Å². The molecular formula is C51H34N4O. The Balaban J connectivity index is 0.968. The Bertz CT molecular complexity index is 3410. The average molecular weight is 719 g/mol. The van der Waals surface area contributed by atoms with E-state index in [1.165, 1.54) is 71.2 Å². The molecule has 4 heterocycles. The lowest BCUT2D eigenvalue weighted by molar-refractivity contribution is 0.600. The molecule has 0 N–H and O–H groups in total. The summed E-state index contributed by atoms with van der Waals surface area (Å²) in [6, 6.07) is 63.6. The van der Waals surface area contributed by atoms with Crippen molar-refractivity contribution >= 4 is 76.8 Å². The van der Waals surface area contributed by atoms with E-state index in [-0.39, 0.29) is 0 Å². The number of aromatic nitrogens is 2. The van der Waals surface area contributed by atoms with Gasteiger partial charge in [0, 0.05) is 50.6 Å². The van der Waals surface area contributed by atoms with Crippen molar-refractivity contribution in [1.82, 2.24) is 9.13 Å². The average Bonchev–Trinajstić information content (AvgIpc) is 3.92. The zero-order valence-electron chi connectivity index (χ0n) is 30.6. The molecule has 0 aliphatic carbocycles. The van der Waals surface area contributed by atoms with E-state index in [0.29, 0.717) is 6.67 Å². The number of nitrogens with zero attached hydrogens (tertiary/aromatic N) is 4. The monoisotopic (exact) mass is 718 g/mol. The van der Waals surface area contributed by atoms with E-state index in [1.54, 1.807) is 0 Å². The van der Waals surface area contributed by atoms with Gasteiger partial charge < -0.3 is 18.5 Å². The van der Waals surface area contributed by atoms with Crippen molar-refractivity contribution in [2.75, 3.05) is 18.6 Å². The lowest BCUT2D eigenvalue weighted by atomic mass is 10.0. The van der Waals surface area contributed by atoms with Crippen LogP contribution in [0, 0.1) is 0 Å². The molecule has 5 heteroatoms. The van der Waals surface area contributed by atoms with E-state index >= 15 is 0 Å². The maximum Gasteiger partial charge on any atom is 0.177 e. The number of furan rings is 1. The van der Waals surface area contributed by atoms with Crippen molar-refractivity contribution in [3.63, 3.8) is 0 Å². The van der Waals surface area contributed by atoms with Crippen LogP contribution in [0.3, 0.4) is 0 Å². The molecule has 0 spiro atoms. The highest BCUT2D eigenvalue weighted by atomic mass is 16.3. The van der Waals surface area contributed by atoms with Crippen molar-refractivity contribution in [1.29, 1.82) is 0 Å². The molecular weight excluding hydrogens is 685 g/mol. The molecule has 3 aromatic heterocycles. The second kappa shape index (κ2) is 11.8. The Kier molecular flexibility index (Phi) is 6.55. The number of rotatable bonds is 4. The molecule has 11 aromatic rings. The molecule has 0 saturated heterocycles. The SMILES string of the molecule is CN1CN=C(c2ccc(-n3c4ccccc4c4cc(-c5ccc6c(c5)c5ccccc5n6-c5cccc6ccccc56)ccc43)cc2)c2oc3ccccc3c21. The van der Waals surface area contributed by atoms with E-state index < -0.39 is 0 Å². The van der Waals surface area contributed by atoms with E-state index in [0.717, 1.165) is 39.4 Å². The van der Waals surface area contributed by atoms with Crippen LogP contribution in [0.25, 0.3) is 87.9 Å². The van der Waals surface area contributed by atoms with Crippen LogP contribution in [0.1, 0.15) is 11.3 Å². The molecule has 1 aliphatic rings. The third-order valence-corrected chi connectivity index (χ3v) is 11.7. The van der Waals surface area contributed by atoms with Crippen LogP contribution >= 0.6 is 0 Å². The number of hydrogen-bond acceptors (Lipinski definition) is 3. The van der Waals surface area contributed by atoms with Gasteiger partial charge >= 0.3 is 0 Å². The third-order valence-electron chi connectivity index (χ3n) is 11.7. The largest absolute Gasteiger partial charge is 0.452 e. The summed E-state index contributed by atoms with van der Waals surface area (Å²) >= 11 is 0. The highest BCUT2D eigenvalue weighted by Gasteiger charge is 2.26. The van der Waals surface area contributed by atoms with Gasteiger partial charge in [-0.1, -0.05) is 109 Å². The summed E-state index contributed by atoms with van der Waals surface area (Å²) in [5, 5.41) is 8.56. The Morgan fingerprint density at radius 2 is 1.02 bits per heavy atom. The first-order valence-electron chi connectivity index (χ1n) is 19.1. The van der Waals surface area contributed by atoms with Gasteiger partial charge in [0.1, 0.15) is 18.0 Å². The van der Waals surface area contributed by atoms with Gasteiger partial charge in [-0.2, -0.15) is 0 Å². The molecule has 0 saturated carbocycles. The Labute approximate surface area is 322 Å². The molecule has 8 aromatic carbocycles. The molecule has 0 bridgehead atoms. The number of aliphatic imine (C=N–C) groups is 1. The first-order chi connectivity index (χ1) is 27.7. The number of fused-ring (bicyclic) bond motifs is 10. The lowest BCUT2D eigenvalue weighted by Crippen LogP contribution is -2.25. The molecule has 264 valence electrons. The first kappa shape index (κ1) is 31.0. The standard InChI is InChI=1S/C51H34N4O/c1-53-31-52-49(51-50(53)40-16-6-9-20-48(40)56-51)33-21-25-36(26-22-33)54-44-17-7-4-14-38(44)41-29-34(23-27-46(41)54)35-24-28-47-42(30-35)39-15-5-8-18-45(39)55(47)43-19-10-12-32-11-2-3-13-37(32)43/h2-30H,31H2,1H3. The molecule has 0 fully saturated rings. The summed E-state index contributed by atoms with van der Waals surface area (Å²) < 4.78 is 11.2. The summed E-state index contributed by atoms with van der Waals surface area (Å²) in [5.41, 5.74) is 13.4. The van der Waals surface area contributed by atoms with Gasteiger partial charge in [0.05, 0.1) is 33.4 Å². The minimum atomic E-state index is 0.585. The summed E-state index contributed by atoms with van der Waals surface area (Å²) in [7, 11) is 2.07. The zero-order valence-corrected chi connectivity index (χ0v) is 30.6. The summed E-state index contributed by atoms with van der Waals surface area (Å²) in [5.74, 6) is 0.827. The fraction of sp³-hybridized carbons (Fsp3) is 0.0392. The number of hydrogen-bond donors (Lipinski definition) is 0. The van der Waals surface area contributed by atoms with Crippen LogP contribution in [0.5, 0.6) is 0 Å². The predicted molar refractivity (Wildman–Crippen MR) is 233 cm³/mol. The second-order valence-corrected chi connectivity index (χ2v) is 14.8. The topological polar surface area (TPSA) is 38.6 Å². The quantitative estimate of drug-likeness (QED) is 0.182. The normalized spacial score (nSPS) is 13.1. The second-order valence-electron chi connectivity index (χ2n) is 14.8. The Hall–Kier alpha value is -7.37. The molecule has 0 amide bonds. The van der Waals surface area contributed by atoms with Gasteiger partial charge in [-0.25, -0.2) is 0 Å². The fourth-order valence-corrected chi connectivity index (χ4v) is 9.13. The number of para-hydroxylation sites is 3. The van der Waals surface area contributed by atoms with Crippen molar-refractivity contribution in [2.45, 2.75) is 0 Å². The van der Waals surface area contributed by atoms with Crippen LogP contribution < -0.4 is 4.90 Å². The summed E-state index contributed by atoms with van der Waals surface area (Å²) in [6.07, 6.45) is 0. The smallest absolute Gasteiger partial charge is 0.177 e. The van der Waals surface area contributed by atoms with Crippen LogP contribution in [0.4, 0.5) is 5.69 Å². The minimum Gasteiger partial charge on any atom is -0.452 e. The molecule has 1 aliphatic heterocycles. The van der Waals surface area contributed by atoms with Gasteiger partial charge in [0.15, 0.2) is 5.76 Å². The van der Waals surface area contributed by atoms with Gasteiger partial charge in [-0.15, -0.1) is 0 Å². The molecule has 0 radical (unpaired) electrons. The Morgan fingerprint density at radius 3 is 1.75 bits per heavy atom. The number of anilines is 1. The van der Waals surface area contributed by atoms with Crippen LogP contribution in [0.2, 0.25) is 0 Å². The summed E-state index contributed by atoms with van der Waals surface area (Å²) in [6.45, 7) is 0.585. The molecule has 0 atom stereocenters. The Morgan fingerprint density at radius 1 is 0.464 bits per heavy atom. The van der Waals surface area contributed by atoms with Crippen molar-refractivity contribution < 1.29 is 4.42 Å². The van der Waals surface area contributed by atoms with Crippen molar-refractivity contribution in [3.8, 4) is 22.5 Å².